The Bertz CT molecular complexity index is 1260. The van der Waals surface area contributed by atoms with Gasteiger partial charge in [-0.05, 0) is 59.8 Å². The van der Waals surface area contributed by atoms with Crippen LogP contribution in [0.1, 0.15) is 24.0 Å². The molecule has 0 spiro atoms. The summed E-state index contributed by atoms with van der Waals surface area (Å²) in [5.41, 5.74) is 7.95. The molecular weight excluding hydrogens is 518 g/mol. The van der Waals surface area contributed by atoms with Crippen LogP contribution in [0.5, 0.6) is 0 Å². The number of fused-ring (bicyclic) bond motifs is 1. The highest BCUT2D eigenvalue weighted by molar-refractivity contribution is 6.35. The van der Waals surface area contributed by atoms with Gasteiger partial charge in [0.15, 0.2) is 6.40 Å². The van der Waals surface area contributed by atoms with Crippen LogP contribution in [-0.2, 0) is 22.3 Å². The first-order chi connectivity index (χ1) is 18.5. The molecule has 1 aliphatic rings. The summed E-state index contributed by atoms with van der Waals surface area (Å²) in [7, 11) is 5.18. The topological polar surface area (TPSA) is 71.2 Å². The highest BCUT2D eigenvalue weighted by Gasteiger charge is 2.34. The summed E-state index contributed by atoms with van der Waals surface area (Å²) in [4.78, 5) is 22.5. The lowest BCUT2D eigenvalue weighted by Gasteiger charge is -2.42. The number of nitrogens with two attached hydrogens (primary N) is 1. The number of aliphatic imine (C=N–C) groups is 1. The summed E-state index contributed by atoms with van der Waals surface area (Å²) in [5.74, 6) is -0.0690. The predicted molar refractivity (Wildman–Crippen MR) is 157 cm³/mol. The number of hydrogen-bond donors (Lipinski definition) is 1. The zero-order chi connectivity index (χ0) is 26.9. The highest BCUT2D eigenvalue weighted by atomic mass is 35.5. The second-order valence-electron chi connectivity index (χ2n) is 9.69. The number of piperazine rings is 1. The average molecular weight is 551 g/mol. The standard InChI is InChI=1S/C29H33BCl2N4O2/c30-38-20-34-28(17-24-9-10-25(31)18-27(24)32)29(37)36-15-14-35(19-26(36)6-3-12-33)13-11-21-7-8-22-4-1-2-5-23(22)16-21/h1-2,4-5,7-10,16,18,20,26,28H,3,6,11-15,17,19,33H2/t26-,28+/m0/s1. The number of hydrogen-bond acceptors (Lipinski definition) is 5. The SMILES string of the molecule is [B]OC=N[C@H](Cc1ccc(Cl)cc1Cl)C(=O)N1CCN(CCc2ccc3ccccc3c2)C[C@@H]1CCCN. The highest BCUT2D eigenvalue weighted by Crippen LogP contribution is 2.25. The molecule has 1 saturated heterocycles. The first-order valence-corrected chi connectivity index (χ1v) is 13.8. The van der Waals surface area contributed by atoms with Crippen molar-refractivity contribution in [3.05, 3.63) is 81.8 Å². The molecule has 1 fully saturated rings. The van der Waals surface area contributed by atoms with Crippen molar-refractivity contribution in [2.24, 2.45) is 10.7 Å². The molecule has 1 heterocycles. The van der Waals surface area contributed by atoms with Gasteiger partial charge in [-0.2, -0.15) is 0 Å². The maximum Gasteiger partial charge on any atom is 0.375 e. The van der Waals surface area contributed by atoms with E-state index in [0.717, 1.165) is 50.9 Å². The van der Waals surface area contributed by atoms with Crippen LogP contribution in [0.4, 0.5) is 0 Å². The van der Waals surface area contributed by atoms with Crippen LogP contribution < -0.4 is 5.73 Å². The molecule has 6 nitrogen and oxygen atoms in total. The number of carbonyl (C=O) groups excluding carboxylic acids is 1. The van der Waals surface area contributed by atoms with E-state index in [1.165, 1.54) is 16.3 Å². The van der Waals surface area contributed by atoms with E-state index in [-0.39, 0.29) is 11.9 Å². The van der Waals surface area contributed by atoms with Crippen LogP contribution in [0.3, 0.4) is 0 Å². The number of benzene rings is 3. The first kappa shape index (κ1) is 28.4. The molecule has 2 atom stereocenters. The van der Waals surface area contributed by atoms with Crippen molar-refractivity contribution in [3.8, 4) is 0 Å². The molecule has 2 radical (unpaired) electrons. The fourth-order valence-corrected chi connectivity index (χ4v) is 5.58. The lowest BCUT2D eigenvalue weighted by Crippen LogP contribution is -2.57. The summed E-state index contributed by atoms with van der Waals surface area (Å²) in [5, 5.41) is 3.55. The van der Waals surface area contributed by atoms with E-state index in [9.17, 15) is 4.79 Å². The van der Waals surface area contributed by atoms with Crippen molar-refractivity contribution in [1.82, 2.24) is 9.80 Å². The van der Waals surface area contributed by atoms with Crippen LogP contribution in [-0.4, -0.2) is 75.0 Å². The Labute approximate surface area is 236 Å². The number of rotatable bonds is 11. The third-order valence-electron chi connectivity index (χ3n) is 7.14. The molecule has 2 N–H and O–H groups in total. The zero-order valence-electron chi connectivity index (χ0n) is 21.4. The van der Waals surface area contributed by atoms with Gasteiger partial charge in [0.25, 0.3) is 0 Å². The van der Waals surface area contributed by atoms with E-state index in [0.29, 0.717) is 29.6 Å². The molecule has 0 aromatic heterocycles. The van der Waals surface area contributed by atoms with Gasteiger partial charge in [0, 0.05) is 48.7 Å². The number of amides is 1. The van der Waals surface area contributed by atoms with Crippen molar-refractivity contribution in [2.45, 2.75) is 37.8 Å². The summed E-state index contributed by atoms with van der Waals surface area (Å²) in [6, 6.07) is 19.7. The maximum atomic E-state index is 13.8. The van der Waals surface area contributed by atoms with Gasteiger partial charge in [0.05, 0.1) is 0 Å². The molecule has 4 rings (SSSR count). The minimum atomic E-state index is -0.707. The predicted octanol–water partition coefficient (Wildman–Crippen LogP) is 4.68. The number of nitrogens with zero attached hydrogens (tertiary/aromatic N) is 3. The zero-order valence-corrected chi connectivity index (χ0v) is 23.0. The van der Waals surface area contributed by atoms with Gasteiger partial charge in [0.1, 0.15) is 6.04 Å². The smallest absolute Gasteiger partial charge is 0.375 e. The Morgan fingerprint density at radius 2 is 1.95 bits per heavy atom. The van der Waals surface area contributed by atoms with Crippen molar-refractivity contribution in [1.29, 1.82) is 0 Å². The number of halogens is 2. The third kappa shape index (κ3) is 7.51. The van der Waals surface area contributed by atoms with E-state index in [1.54, 1.807) is 12.1 Å². The molecule has 0 bridgehead atoms. The van der Waals surface area contributed by atoms with Gasteiger partial charge in [-0.25, -0.2) is 4.99 Å². The molecule has 1 amide bonds. The maximum absolute atomic E-state index is 13.8. The summed E-state index contributed by atoms with van der Waals surface area (Å²) < 4.78 is 4.57. The molecule has 0 aliphatic carbocycles. The van der Waals surface area contributed by atoms with Crippen LogP contribution >= 0.6 is 23.2 Å². The fraction of sp³-hybridized carbons (Fsp3) is 0.379. The van der Waals surface area contributed by atoms with E-state index < -0.39 is 6.04 Å². The van der Waals surface area contributed by atoms with Gasteiger partial charge in [-0.3, -0.25) is 9.69 Å². The Kier molecular flexibility index (Phi) is 10.5. The second-order valence-corrected chi connectivity index (χ2v) is 10.5. The van der Waals surface area contributed by atoms with Gasteiger partial charge in [0.2, 0.25) is 5.91 Å². The lowest BCUT2D eigenvalue weighted by molar-refractivity contribution is -0.137. The van der Waals surface area contributed by atoms with E-state index >= 15 is 0 Å². The minimum absolute atomic E-state index is 0.0496. The quantitative estimate of drug-likeness (QED) is 0.214. The molecule has 198 valence electrons. The fourth-order valence-electron chi connectivity index (χ4n) is 5.09. The lowest BCUT2D eigenvalue weighted by atomic mass is 10.0. The van der Waals surface area contributed by atoms with Gasteiger partial charge < -0.3 is 15.3 Å². The monoisotopic (exact) mass is 550 g/mol. The van der Waals surface area contributed by atoms with Crippen LogP contribution in [0.2, 0.25) is 10.0 Å². The minimum Gasteiger partial charge on any atom is -0.560 e. The summed E-state index contributed by atoms with van der Waals surface area (Å²) in [6.07, 6.45) is 4.07. The molecule has 0 unspecified atom stereocenters. The Hall–Kier alpha value is -2.58. The average Bonchev–Trinajstić information content (AvgIpc) is 2.93. The molecule has 0 saturated carbocycles. The van der Waals surface area contributed by atoms with E-state index in [2.05, 4.69) is 57.0 Å². The van der Waals surface area contributed by atoms with Gasteiger partial charge in [-0.15, -0.1) is 0 Å². The van der Waals surface area contributed by atoms with Crippen molar-refractivity contribution in [2.75, 3.05) is 32.7 Å². The summed E-state index contributed by atoms with van der Waals surface area (Å²) in [6.45, 7) is 3.73. The van der Waals surface area contributed by atoms with E-state index in [1.807, 2.05) is 11.0 Å². The molecule has 3 aromatic carbocycles. The van der Waals surface area contributed by atoms with Crippen molar-refractivity contribution >= 4 is 54.3 Å². The molecule has 1 aliphatic heterocycles. The normalized spacial score (nSPS) is 17.2. The summed E-state index contributed by atoms with van der Waals surface area (Å²) >= 11 is 12.4. The van der Waals surface area contributed by atoms with Gasteiger partial charge >= 0.3 is 8.05 Å². The Balaban J connectivity index is 1.44. The Morgan fingerprint density at radius 1 is 1.13 bits per heavy atom. The molecule has 3 aromatic rings. The first-order valence-electron chi connectivity index (χ1n) is 13.0. The molecule has 38 heavy (non-hydrogen) atoms. The third-order valence-corrected chi connectivity index (χ3v) is 7.72. The van der Waals surface area contributed by atoms with Crippen molar-refractivity contribution < 1.29 is 9.45 Å². The van der Waals surface area contributed by atoms with Crippen LogP contribution in [0, 0.1) is 0 Å². The van der Waals surface area contributed by atoms with Crippen LogP contribution in [0.15, 0.2) is 65.7 Å². The molecule has 9 heteroatoms. The number of carbonyl (C=O) groups is 1. The van der Waals surface area contributed by atoms with Crippen LogP contribution in [0.25, 0.3) is 10.8 Å². The van der Waals surface area contributed by atoms with E-state index in [4.69, 9.17) is 37.0 Å². The molecular formula is C29H33BCl2N4O2. The van der Waals surface area contributed by atoms with Gasteiger partial charge in [-0.1, -0.05) is 71.7 Å². The van der Waals surface area contributed by atoms with Crippen molar-refractivity contribution in [3.63, 3.8) is 0 Å². The second kappa shape index (κ2) is 14.0. The Morgan fingerprint density at radius 3 is 2.71 bits per heavy atom. The largest absolute Gasteiger partial charge is 0.560 e.